The van der Waals surface area contributed by atoms with Gasteiger partial charge in [-0.15, -0.1) is 0 Å². The summed E-state index contributed by atoms with van der Waals surface area (Å²) in [6.45, 7) is 7.21. The molecule has 0 aliphatic carbocycles. The first-order chi connectivity index (χ1) is 12.4. The van der Waals surface area contributed by atoms with E-state index >= 15 is 0 Å². The molecule has 2 rings (SSSR count). The molecule has 0 saturated carbocycles. The summed E-state index contributed by atoms with van der Waals surface area (Å²) in [5, 5.41) is 0. The minimum Gasteiger partial charge on any atom is -0.457 e. The van der Waals surface area contributed by atoms with Crippen LogP contribution >= 0.6 is 15.9 Å². The number of esters is 1. The standard InChI is InChI=1S/C21H25BrN2O2/c1-5-16-7-9-17(10-8-16)13-26-21(25)18-12-19(22)20(11-15(18)3)23-14-24(4)6-2/h7-12,14H,5-6,13H2,1-4H3/b23-14+. The van der Waals surface area contributed by atoms with Crippen LogP contribution in [0.2, 0.25) is 0 Å². The predicted molar refractivity (Wildman–Crippen MR) is 110 cm³/mol. The van der Waals surface area contributed by atoms with Crippen LogP contribution in [0.4, 0.5) is 5.69 Å². The lowest BCUT2D eigenvalue weighted by atomic mass is 10.1. The highest BCUT2D eigenvalue weighted by Crippen LogP contribution is 2.29. The molecule has 0 N–H and O–H groups in total. The molecule has 0 spiro atoms. The van der Waals surface area contributed by atoms with Crippen molar-refractivity contribution in [1.82, 2.24) is 4.90 Å². The third-order valence-corrected chi connectivity index (χ3v) is 4.84. The minimum absolute atomic E-state index is 0.265. The van der Waals surface area contributed by atoms with Crippen LogP contribution in [0.3, 0.4) is 0 Å². The Balaban J connectivity index is 2.08. The van der Waals surface area contributed by atoms with Crippen LogP contribution in [-0.4, -0.2) is 30.8 Å². The molecule has 0 heterocycles. The Morgan fingerprint density at radius 1 is 1.19 bits per heavy atom. The quantitative estimate of drug-likeness (QED) is 0.349. The van der Waals surface area contributed by atoms with Crippen molar-refractivity contribution in [1.29, 1.82) is 0 Å². The number of halogens is 1. The second-order valence-electron chi connectivity index (χ2n) is 6.18. The van der Waals surface area contributed by atoms with Gasteiger partial charge in [0.15, 0.2) is 0 Å². The maximum Gasteiger partial charge on any atom is 0.338 e. The number of rotatable bonds is 7. The number of hydrogen-bond donors (Lipinski definition) is 0. The van der Waals surface area contributed by atoms with Gasteiger partial charge < -0.3 is 9.64 Å². The van der Waals surface area contributed by atoms with Crippen LogP contribution in [0, 0.1) is 6.92 Å². The van der Waals surface area contributed by atoms with E-state index in [1.165, 1.54) is 5.56 Å². The second kappa shape index (κ2) is 9.53. The number of nitrogens with zero attached hydrogens (tertiary/aromatic N) is 2. The number of carbonyl (C=O) groups is 1. The maximum absolute atomic E-state index is 12.4. The number of carbonyl (C=O) groups excluding carboxylic acids is 1. The Morgan fingerprint density at radius 3 is 2.46 bits per heavy atom. The lowest BCUT2D eigenvalue weighted by Crippen LogP contribution is -2.14. The summed E-state index contributed by atoms with van der Waals surface area (Å²) in [5.41, 5.74) is 4.42. The molecule has 0 amide bonds. The Hall–Kier alpha value is -2.14. The summed E-state index contributed by atoms with van der Waals surface area (Å²) in [7, 11) is 1.96. The van der Waals surface area contributed by atoms with Gasteiger partial charge in [-0.05, 0) is 65.0 Å². The molecule has 0 fully saturated rings. The van der Waals surface area contributed by atoms with E-state index in [1.807, 2.05) is 37.1 Å². The first kappa shape index (κ1) is 20.2. The van der Waals surface area contributed by atoms with E-state index in [1.54, 1.807) is 12.4 Å². The molecule has 26 heavy (non-hydrogen) atoms. The van der Waals surface area contributed by atoms with E-state index < -0.39 is 0 Å². The highest BCUT2D eigenvalue weighted by Gasteiger charge is 2.14. The molecule has 0 aliphatic rings. The predicted octanol–water partition coefficient (Wildman–Crippen LogP) is 5.29. The average Bonchev–Trinajstić information content (AvgIpc) is 2.66. The van der Waals surface area contributed by atoms with E-state index in [9.17, 15) is 4.79 Å². The highest BCUT2D eigenvalue weighted by molar-refractivity contribution is 9.10. The lowest BCUT2D eigenvalue weighted by Gasteiger charge is -2.11. The van der Waals surface area contributed by atoms with Gasteiger partial charge in [0.25, 0.3) is 0 Å². The molecule has 0 radical (unpaired) electrons. The van der Waals surface area contributed by atoms with Crippen molar-refractivity contribution < 1.29 is 9.53 Å². The van der Waals surface area contributed by atoms with Gasteiger partial charge in [0.05, 0.1) is 17.6 Å². The van der Waals surface area contributed by atoms with Gasteiger partial charge in [-0.3, -0.25) is 0 Å². The van der Waals surface area contributed by atoms with Crippen molar-refractivity contribution in [3.05, 3.63) is 63.1 Å². The van der Waals surface area contributed by atoms with E-state index in [4.69, 9.17) is 4.74 Å². The van der Waals surface area contributed by atoms with Gasteiger partial charge in [0.2, 0.25) is 0 Å². The SMILES string of the molecule is CCc1ccc(COC(=O)c2cc(Br)c(/N=C/N(C)CC)cc2C)cc1. The summed E-state index contributed by atoms with van der Waals surface area (Å²) in [6.07, 6.45) is 2.77. The molecular weight excluding hydrogens is 392 g/mol. The number of ether oxygens (including phenoxy) is 1. The number of hydrogen-bond acceptors (Lipinski definition) is 3. The summed E-state index contributed by atoms with van der Waals surface area (Å²) >= 11 is 3.49. The molecule has 0 unspecified atom stereocenters. The maximum atomic E-state index is 12.4. The zero-order valence-corrected chi connectivity index (χ0v) is 17.3. The molecule has 0 bridgehead atoms. The highest BCUT2D eigenvalue weighted by atomic mass is 79.9. The van der Waals surface area contributed by atoms with E-state index in [2.05, 4.69) is 46.9 Å². The van der Waals surface area contributed by atoms with Crippen molar-refractivity contribution in [3.8, 4) is 0 Å². The fourth-order valence-electron chi connectivity index (χ4n) is 2.33. The Labute approximate surface area is 164 Å². The molecule has 2 aromatic rings. The monoisotopic (exact) mass is 416 g/mol. The molecule has 0 saturated heterocycles. The van der Waals surface area contributed by atoms with Crippen LogP contribution in [0.15, 0.2) is 45.9 Å². The second-order valence-corrected chi connectivity index (χ2v) is 7.04. The van der Waals surface area contributed by atoms with E-state index in [0.717, 1.165) is 34.3 Å². The average molecular weight is 417 g/mol. The zero-order chi connectivity index (χ0) is 19.1. The minimum atomic E-state index is -0.330. The van der Waals surface area contributed by atoms with Crippen molar-refractivity contribution in [2.45, 2.75) is 33.8 Å². The molecule has 0 aliphatic heterocycles. The molecule has 138 valence electrons. The Kier molecular flexibility index (Phi) is 7.39. The van der Waals surface area contributed by atoms with Gasteiger partial charge >= 0.3 is 5.97 Å². The number of aryl methyl sites for hydroxylation is 2. The third kappa shape index (κ3) is 5.43. The lowest BCUT2D eigenvalue weighted by molar-refractivity contribution is 0.0472. The summed E-state index contributed by atoms with van der Waals surface area (Å²) < 4.78 is 6.24. The summed E-state index contributed by atoms with van der Waals surface area (Å²) in [5.74, 6) is -0.330. The van der Waals surface area contributed by atoms with Crippen molar-refractivity contribution >= 4 is 33.9 Å². The zero-order valence-electron chi connectivity index (χ0n) is 15.8. The van der Waals surface area contributed by atoms with Gasteiger partial charge in [0, 0.05) is 18.1 Å². The third-order valence-electron chi connectivity index (χ3n) is 4.21. The molecule has 0 atom stereocenters. The number of aliphatic imine (C=N–C) groups is 1. The molecule has 4 nitrogen and oxygen atoms in total. The Bertz CT molecular complexity index is 785. The summed E-state index contributed by atoms with van der Waals surface area (Å²) in [6, 6.07) is 11.8. The number of benzene rings is 2. The van der Waals surface area contributed by atoms with Crippen LogP contribution in [0.25, 0.3) is 0 Å². The van der Waals surface area contributed by atoms with Crippen molar-refractivity contribution in [2.24, 2.45) is 4.99 Å². The van der Waals surface area contributed by atoms with Gasteiger partial charge in [-0.1, -0.05) is 31.2 Å². The van der Waals surface area contributed by atoms with E-state index in [-0.39, 0.29) is 12.6 Å². The van der Waals surface area contributed by atoms with Crippen LogP contribution in [0.1, 0.15) is 40.9 Å². The first-order valence-electron chi connectivity index (χ1n) is 8.74. The van der Waals surface area contributed by atoms with Crippen LogP contribution < -0.4 is 0 Å². The molecule has 2 aromatic carbocycles. The smallest absolute Gasteiger partial charge is 0.338 e. The van der Waals surface area contributed by atoms with Crippen LogP contribution in [0.5, 0.6) is 0 Å². The fourth-order valence-corrected chi connectivity index (χ4v) is 2.77. The Morgan fingerprint density at radius 2 is 1.85 bits per heavy atom. The largest absolute Gasteiger partial charge is 0.457 e. The normalized spacial score (nSPS) is 11.0. The van der Waals surface area contributed by atoms with Crippen molar-refractivity contribution in [2.75, 3.05) is 13.6 Å². The van der Waals surface area contributed by atoms with Crippen LogP contribution in [-0.2, 0) is 17.8 Å². The topological polar surface area (TPSA) is 41.9 Å². The fraction of sp³-hybridized carbons (Fsp3) is 0.333. The first-order valence-corrected chi connectivity index (χ1v) is 9.53. The van der Waals surface area contributed by atoms with Gasteiger partial charge in [0.1, 0.15) is 6.61 Å². The van der Waals surface area contributed by atoms with Gasteiger partial charge in [-0.2, -0.15) is 0 Å². The summed E-state index contributed by atoms with van der Waals surface area (Å²) in [4.78, 5) is 18.9. The van der Waals surface area contributed by atoms with Gasteiger partial charge in [-0.25, -0.2) is 9.79 Å². The molecule has 0 aromatic heterocycles. The van der Waals surface area contributed by atoms with E-state index in [0.29, 0.717) is 5.56 Å². The molecule has 5 heteroatoms. The van der Waals surface area contributed by atoms with Crippen molar-refractivity contribution in [3.63, 3.8) is 0 Å². The molecular formula is C21H25BrN2O2.